The van der Waals surface area contributed by atoms with Gasteiger partial charge in [-0.3, -0.25) is 4.79 Å². The second-order valence-corrected chi connectivity index (χ2v) is 11.0. The lowest BCUT2D eigenvalue weighted by Gasteiger charge is -2.36. The van der Waals surface area contributed by atoms with E-state index in [9.17, 15) is 9.59 Å². The van der Waals surface area contributed by atoms with E-state index in [0.717, 1.165) is 17.9 Å². The molecule has 6 heteroatoms. The third-order valence-electron chi connectivity index (χ3n) is 8.09. The number of ketones is 1. The van der Waals surface area contributed by atoms with E-state index < -0.39 is 12.0 Å². The number of esters is 1. The number of hydrogen-bond donors (Lipinski definition) is 1. The molecule has 0 aliphatic heterocycles. The van der Waals surface area contributed by atoms with Crippen LogP contribution in [-0.2, 0) is 16.0 Å². The minimum atomic E-state index is -0.670. The van der Waals surface area contributed by atoms with Crippen molar-refractivity contribution in [2.24, 2.45) is 0 Å². The van der Waals surface area contributed by atoms with E-state index >= 15 is 0 Å². The summed E-state index contributed by atoms with van der Waals surface area (Å²) in [6.45, 7) is 1.41. The summed E-state index contributed by atoms with van der Waals surface area (Å²) in [5, 5.41) is 3.27. The lowest BCUT2D eigenvalue weighted by Crippen LogP contribution is -2.39. The van der Waals surface area contributed by atoms with Gasteiger partial charge in [0.05, 0.1) is 13.7 Å². The number of ether oxygens (including phenoxy) is 2. The van der Waals surface area contributed by atoms with Gasteiger partial charge >= 0.3 is 5.97 Å². The summed E-state index contributed by atoms with van der Waals surface area (Å²) in [5.74, 6) is 0.288. The lowest BCUT2D eigenvalue weighted by molar-refractivity contribution is -0.141. The zero-order valence-electron chi connectivity index (χ0n) is 24.8. The van der Waals surface area contributed by atoms with Crippen molar-refractivity contribution in [3.05, 3.63) is 126 Å². The Morgan fingerprint density at radius 2 is 1.47 bits per heavy atom. The Bertz CT molecular complexity index is 1450. The second-order valence-electron chi connectivity index (χ2n) is 11.0. The van der Waals surface area contributed by atoms with Gasteiger partial charge in [-0.15, -0.1) is 0 Å². The molecule has 0 spiro atoms. The van der Waals surface area contributed by atoms with Gasteiger partial charge in [-0.25, -0.2) is 4.79 Å². The first-order chi connectivity index (χ1) is 21.1. The first-order valence-electron chi connectivity index (χ1n) is 15.2. The fraction of sp³-hybridized carbons (Fsp3) is 0.297. The molecule has 0 heterocycles. The molecule has 6 nitrogen and oxygen atoms in total. The molecule has 222 valence electrons. The third kappa shape index (κ3) is 8.04. The van der Waals surface area contributed by atoms with Crippen LogP contribution in [0.4, 0.5) is 11.4 Å². The van der Waals surface area contributed by atoms with Gasteiger partial charge in [0.25, 0.3) is 0 Å². The second kappa shape index (κ2) is 15.1. The highest BCUT2D eigenvalue weighted by Crippen LogP contribution is 2.27. The Hall–Kier alpha value is -4.58. The summed E-state index contributed by atoms with van der Waals surface area (Å²) in [6.07, 6.45) is 6.74. The molecule has 0 bridgehead atoms. The van der Waals surface area contributed by atoms with E-state index in [0.29, 0.717) is 35.9 Å². The smallest absolute Gasteiger partial charge is 0.328 e. The maximum absolute atomic E-state index is 13.2. The Kier molecular flexibility index (Phi) is 10.5. The number of benzene rings is 4. The van der Waals surface area contributed by atoms with Crippen molar-refractivity contribution in [2.45, 2.75) is 50.6 Å². The average Bonchev–Trinajstić information content (AvgIpc) is 3.08. The highest BCUT2D eigenvalue weighted by Gasteiger charge is 2.23. The number of carbonyl (C=O) groups excluding carboxylic acids is 2. The topological polar surface area (TPSA) is 67.9 Å². The predicted molar refractivity (Wildman–Crippen MR) is 172 cm³/mol. The van der Waals surface area contributed by atoms with E-state index in [4.69, 9.17) is 9.47 Å². The molecule has 0 amide bonds. The molecule has 0 aromatic heterocycles. The first kappa shape index (κ1) is 29.9. The zero-order valence-corrected chi connectivity index (χ0v) is 24.8. The maximum atomic E-state index is 13.2. The van der Waals surface area contributed by atoms with Crippen molar-refractivity contribution in [1.29, 1.82) is 0 Å². The third-order valence-corrected chi connectivity index (χ3v) is 8.09. The van der Waals surface area contributed by atoms with E-state index in [2.05, 4.69) is 40.5 Å². The highest BCUT2D eigenvalue weighted by atomic mass is 16.5. The number of hydrogen-bond acceptors (Lipinski definition) is 6. The zero-order chi connectivity index (χ0) is 29.9. The monoisotopic (exact) mass is 576 g/mol. The fourth-order valence-electron chi connectivity index (χ4n) is 5.83. The standard InChI is InChI=1S/C37H40N2O4/c1-42-37(41)35(38-34-20-12-11-19-33(34)36(40)29-13-5-2-6-14-29)27-28-21-23-32(24-22-28)43-26-25-39(30-15-7-3-8-16-30)31-17-9-4-10-18-31/h2-3,5-8,11-16,19-24,31,35,38H,4,9-10,17-18,25-27H2,1H3. The molecule has 1 N–H and O–H groups in total. The van der Waals surface area contributed by atoms with Crippen molar-refractivity contribution in [2.75, 3.05) is 30.5 Å². The molecule has 5 rings (SSSR count). The van der Waals surface area contributed by atoms with Gasteiger partial charge in [0, 0.05) is 35.0 Å². The Morgan fingerprint density at radius 3 is 2.16 bits per heavy atom. The average molecular weight is 577 g/mol. The minimum Gasteiger partial charge on any atom is -0.492 e. The maximum Gasteiger partial charge on any atom is 0.328 e. The minimum absolute atomic E-state index is 0.108. The fourth-order valence-corrected chi connectivity index (χ4v) is 5.83. The van der Waals surface area contributed by atoms with Crippen LogP contribution in [0.15, 0.2) is 109 Å². The van der Waals surface area contributed by atoms with Gasteiger partial charge in [0.2, 0.25) is 0 Å². The molecule has 1 aliphatic rings. The van der Waals surface area contributed by atoms with Crippen molar-refractivity contribution < 1.29 is 19.1 Å². The first-order valence-corrected chi connectivity index (χ1v) is 15.2. The van der Waals surface area contributed by atoms with Crippen LogP contribution in [0, 0.1) is 0 Å². The summed E-state index contributed by atoms with van der Waals surface area (Å²) in [6, 6.07) is 34.7. The molecule has 1 aliphatic carbocycles. The molecule has 0 radical (unpaired) electrons. The van der Waals surface area contributed by atoms with Crippen LogP contribution in [0.5, 0.6) is 5.75 Å². The van der Waals surface area contributed by atoms with E-state index in [1.807, 2.05) is 60.7 Å². The van der Waals surface area contributed by atoms with E-state index in [-0.39, 0.29) is 5.78 Å². The summed E-state index contributed by atoms with van der Waals surface area (Å²) in [5.41, 5.74) is 3.89. The molecule has 1 unspecified atom stereocenters. The highest BCUT2D eigenvalue weighted by molar-refractivity contribution is 6.12. The SMILES string of the molecule is COC(=O)C(Cc1ccc(OCCN(c2ccccc2)C2CCCCC2)cc1)Nc1ccccc1C(=O)c1ccccc1. The van der Waals surface area contributed by atoms with Gasteiger partial charge in [-0.2, -0.15) is 0 Å². The van der Waals surface area contributed by atoms with Gasteiger partial charge in [-0.1, -0.05) is 92.1 Å². The van der Waals surface area contributed by atoms with Gasteiger partial charge < -0.3 is 19.7 Å². The van der Waals surface area contributed by atoms with E-state index in [1.54, 1.807) is 18.2 Å². The largest absolute Gasteiger partial charge is 0.492 e. The number of rotatable bonds is 13. The predicted octanol–water partition coefficient (Wildman–Crippen LogP) is 7.33. The van der Waals surface area contributed by atoms with Crippen LogP contribution < -0.4 is 15.0 Å². The summed E-state index contributed by atoms with van der Waals surface area (Å²) in [4.78, 5) is 28.5. The summed E-state index contributed by atoms with van der Waals surface area (Å²) in [7, 11) is 1.38. The molecular formula is C37H40N2O4. The van der Waals surface area contributed by atoms with Gasteiger partial charge in [0.15, 0.2) is 5.78 Å². The van der Waals surface area contributed by atoms with Crippen LogP contribution in [0.3, 0.4) is 0 Å². The van der Waals surface area contributed by atoms with Crippen molar-refractivity contribution in [1.82, 2.24) is 0 Å². The number of methoxy groups -OCH3 is 1. The summed E-state index contributed by atoms with van der Waals surface area (Å²) < 4.78 is 11.3. The number of para-hydroxylation sites is 2. The molecule has 1 saturated carbocycles. The van der Waals surface area contributed by atoms with Crippen molar-refractivity contribution in [3.8, 4) is 5.75 Å². The molecule has 43 heavy (non-hydrogen) atoms. The molecular weight excluding hydrogens is 536 g/mol. The van der Waals surface area contributed by atoms with Crippen molar-refractivity contribution in [3.63, 3.8) is 0 Å². The lowest BCUT2D eigenvalue weighted by atomic mass is 9.94. The van der Waals surface area contributed by atoms with Gasteiger partial charge in [0.1, 0.15) is 18.4 Å². The van der Waals surface area contributed by atoms with Crippen LogP contribution in [-0.4, -0.2) is 44.1 Å². The van der Waals surface area contributed by atoms with Crippen LogP contribution in [0.25, 0.3) is 0 Å². The number of nitrogens with zero attached hydrogens (tertiary/aromatic N) is 1. The number of nitrogens with one attached hydrogen (secondary N) is 1. The Morgan fingerprint density at radius 1 is 0.814 bits per heavy atom. The van der Waals surface area contributed by atoms with E-state index in [1.165, 1.54) is 44.9 Å². The molecule has 0 saturated heterocycles. The van der Waals surface area contributed by atoms with Crippen LogP contribution in [0.1, 0.15) is 53.6 Å². The van der Waals surface area contributed by atoms with Gasteiger partial charge in [-0.05, 0) is 54.8 Å². The number of carbonyl (C=O) groups is 2. The summed E-state index contributed by atoms with van der Waals surface area (Å²) >= 11 is 0. The van der Waals surface area contributed by atoms with Crippen LogP contribution in [0.2, 0.25) is 0 Å². The molecule has 1 atom stereocenters. The number of anilines is 2. The molecule has 4 aromatic carbocycles. The molecule has 1 fully saturated rings. The van der Waals surface area contributed by atoms with Crippen LogP contribution >= 0.6 is 0 Å². The normalized spacial score (nSPS) is 14.0. The quantitative estimate of drug-likeness (QED) is 0.133. The Balaban J connectivity index is 1.22. The van der Waals surface area contributed by atoms with Crippen molar-refractivity contribution >= 4 is 23.1 Å². The molecule has 4 aromatic rings. The Labute approximate surface area is 254 Å².